The van der Waals surface area contributed by atoms with E-state index in [1.165, 1.54) is 12.1 Å². The van der Waals surface area contributed by atoms with Crippen molar-refractivity contribution in [3.63, 3.8) is 0 Å². The van der Waals surface area contributed by atoms with Gasteiger partial charge >= 0.3 is 0 Å². The Labute approximate surface area is 128 Å². The van der Waals surface area contributed by atoms with Crippen molar-refractivity contribution < 1.29 is 13.6 Å². The lowest BCUT2D eigenvalue weighted by molar-refractivity contribution is -0.121. The summed E-state index contributed by atoms with van der Waals surface area (Å²) in [5, 5.41) is 5.60. The van der Waals surface area contributed by atoms with E-state index in [1.54, 1.807) is 0 Å². The molecular formula is C17H18F2N2O. The molecule has 0 aliphatic heterocycles. The highest BCUT2D eigenvalue weighted by molar-refractivity contribution is 5.76. The van der Waals surface area contributed by atoms with E-state index in [0.29, 0.717) is 6.54 Å². The zero-order chi connectivity index (χ0) is 15.9. The molecule has 22 heavy (non-hydrogen) atoms. The second-order valence-electron chi connectivity index (χ2n) is 5.00. The second-order valence-corrected chi connectivity index (χ2v) is 5.00. The van der Waals surface area contributed by atoms with Crippen molar-refractivity contribution in [3.05, 3.63) is 65.2 Å². The third-order valence-corrected chi connectivity index (χ3v) is 3.34. The zero-order valence-corrected chi connectivity index (χ0v) is 12.3. The third kappa shape index (κ3) is 4.55. The van der Waals surface area contributed by atoms with Gasteiger partial charge in [-0.3, -0.25) is 4.79 Å². The number of hydrogen-bond acceptors (Lipinski definition) is 2. The largest absolute Gasteiger partial charge is 0.382 e. The standard InChI is InChI=1S/C17H18F2N2O/c1-12-4-2-3-5-13(12)11-21-17(22)8-9-20-16-7-6-14(18)10-15(16)19/h2-7,10,20H,8-9,11H2,1H3,(H,21,22). The zero-order valence-electron chi connectivity index (χ0n) is 12.3. The van der Waals surface area contributed by atoms with Crippen LogP contribution in [0.2, 0.25) is 0 Å². The van der Waals surface area contributed by atoms with E-state index in [1.807, 2.05) is 31.2 Å². The Balaban J connectivity index is 1.75. The number of anilines is 1. The van der Waals surface area contributed by atoms with Crippen LogP contribution < -0.4 is 10.6 Å². The smallest absolute Gasteiger partial charge is 0.222 e. The van der Waals surface area contributed by atoms with Crippen LogP contribution in [0.5, 0.6) is 0 Å². The maximum atomic E-state index is 13.4. The first-order valence-electron chi connectivity index (χ1n) is 7.06. The highest BCUT2D eigenvalue weighted by Crippen LogP contribution is 2.14. The van der Waals surface area contributed by atoms with Crippen LogP contribution >= 0.6 is 0 Å². The average molecular weight is 304 g/mol. The summed E-state index contributed by atoms with van der Waals surface area (Å²) in [5.74, 6) is -1.42. The highest BCUT2D eigenvalue weighted by atomic mass is 19.1. The number of carbonyl (C=O) groups is 1. The van der Waals surface area contributed by atoms with Gasteiger partial charge < -0.3 is 10.6 Å². The summed E-state index contributed by atoms with van der Waals surface area (Å²) in [6, 6.07) is 11.1. The predicted octanol–water partition coefficient (Wildman–Crippen LogP) is 3.39. The van der Waals surface area contributed by atoms with Gasteiger partial charge in [-0.15, -0.1) is 0 Å². The number of halogens is 2. The van der Waals surface area contributed by atoms with Gasteiger partial charge in [0.05, 0.1) is 5.69 Å². The molecule has 0 aliphatic carbocycles. The van der Waals surface area contributed by atoms with E-state index < -0.39 is 11.6 Å². The first-order valence-corrected chi connectivity index (χ1v) is 7.06. The van der Waals surface area contributed by atoms with Crippen LogP contribution in [-0.4, -0.2) is 12.5 Å². The number of benzene rings is 2. The summed E-state index contributed by atoms with van der Waals surface area (Å²) >= 11 is 0. The van der Waals surface area contributed by atoms with Gasteiger partial charge in [-0.2, -0.15) is 0 Å². The van der Waals surface area contributed by atoms with Crippen LogP contribution in [-0.2, 0) is 11.3 Å². The Hall–Kier alpha value is -2.43. The van der Waals surface area contributed by atoms with E-state index in [2.05, 4.69) is 10.6 Å². The van der Waals surface area contributed by atoms with Gasteiger partial charge in [0, 0.05) is 25.6 Å². The fourth-order valence-electron chi connectivity index (χ4n) is 2.03. The van der Waals surface area contributed by atoms with Crippen molar-refractivity contribution in [1.82, 2.24) is 5.32 Å². The minimum Gasteiger partial charge on any atom is -0.382 e. The number of carbonyl (C=O) groups excluding carboxylic acids is 1. The second kappa shape index (κ2) is 7.54. The summed E-state index contributed by atoms with van der Waals surface area (Å²) in [4.78, 5) is 11.8. The number of hydrogen-bond donors (Lipinski definition) is 2. The Kier molecular flexibility index (Phi) is 5.47. The number of aryl methyl sites for hydroxylation is 1. The number of nitrogens with one attached hydrogen (secondary N) is 2. The Bertz CT molecular complexity index is 659. The van der Waals surface area contributed by atoms with Crippen molar-refractivity contribution in [1.29, 1.82) is 0 Å². The highest BCUT2D eigenvalue weighted by Gasteiger charge is 2.05. The summed E-state index contributed by atoms with van der Waals surface area (Å²) < 4.78 is 26.1. The summed E-state index contributed by atoms with van der Waals surface area (Å²) in [6.45, 7) is 2.74. The summed E-state index contributed by atoms with van der Waals surface area (Å²) in [6.07, 6.45) is 0.211. The summed E-state index contributed by atoms with van der Waals surface area (Å²) in [7, 11) is 0. The molecule has 0 saturated carbocycles. The molecule has 2 rings (SSSR count). The molecule has 0 fully saturated rings. The van der Waals surface area contributed by atoms with Crippen molar-refractivity contribution in [2.75, 3.05) is 11.9 Å². The van der Waals surface area contributed by atoms with Gasteiger partial charge in [0.2, 0.25) is 5.91 Å². The van der Waals surface area contributed by atoms with E-state index >= 15 is 0 Å². The van der Waals surface area contributed by atoms with Crippen molar-refractivity contribution in [2.24, 2.45) is 0 Å². The molecule has 0 unspecified atom stereocenters. The topological polar surface area (TPSA) is 41.1 Å². The molecule has 5 heteroatoms. The van der Waals surface area contributed by atoms with E-state index in [0.717, 1.165) is 17.2 Å². The minimum absolute atomic E-state index is 0.127. The SMILES string of the molecule is Cc1ccccc1CNC(=O)CCNc1ccc(F)cc1F. The van der Waals surface area contributed by atoms with Crippen LogP contribution in [0.1, 0.15) is 17.5 Å². The average Bonchev–Trinajstić information content (AvgIpc) is 2.49. The van der Waals surface area contributed by atoms with Crippen LogP contribution in [0.3, 0.4) is 0 Å². The van der Waals surface area contributed by atoms with Gasteiger partial charge in [0.1, 0.15) is 11.6 Å². The normalized spacial score (nSPS) is 10.3. The molecule has 116 valence electrons. The van der Waals surface area contributed by atoms with Gasteiger partial charge in [0.25, 0.3) is 0 Å². The van der Waals surface area contributed by atoms with Gasteiger partial charge in [-0.1, -0.05) is 24.3 Å². The molecule has 0 aliphatic rings. The molecular weight excluding hydrogens is 286 g/mol. The molecule has 2 aromatic rings. The Morgan fingerprint density at radius 3 is 2.64 bits per heavy atom. The molecule has 0 radical (unpaired) electrons. The molecule has 0 saturated heterocycles. The molecule has 3 nitrogen and oxygen atoms in total. The van der Waals surface area contributed by atoms with Crippen LogP contribution in [0, 0.1) is 18.6 Å². The lowest BCUT2D eigenvalue weighted by atomic mass is 10.1. The number of rotatable bonds is 6. The van der Waals surface area contributed by atoms with E-state index in [4.69, 9.17) is 0 Å². The molecule has 1 amide bonds. The maximum absolute atomic E-state index is 13.4. The first-order chi connectivity index (χ1) is 10.6. The maximum Gasteiger partial charge on any atom is 0.222 e. The van der Waals surface area contributed by atoms with Crippen LogP contribution in [0.4, 0.5) is 14.5 Å². The van der Waals surface area contributed by atoms with Gasteiger partial charge in [-0.25, -0.2) is 8.78 Å². The molecule has 0 bridgehead atoms. The van der Waals surface area contributed by atoms with Gasteiger partial charge in [-0.05, 0) is 30.2 Å². The monoisotopic (exact) mass is 304 g/mol. The molecule has 2 aromatic carbocycles. The quantitative estimate of drug-likeness (QED) is 0.859. The van der Waals surface area contributed by atoms with Crippen LogP contribution in [0.25, 0.3) is 0 Å². The number of amides is 1. The van der Waals surface area contributed by atoms with Crippen molar-refractivity contribution in [3.8, 4) is 0 Å². The van der Waals surface area contributed by atoms with E-state index in [-0.39, 0.29) is 24.6 Å². The molecule has 0 heterocycles. The molecule has 0 aromatic heterocycles. The Morgan fingerprint density at radius 1 is 1.14 bits per heavy atom. The predicted molar refractivity (Wildman–Crippen MR) is 82.5 cm³/mol. The lowest BCUT2D eigenvalue weighted by Gasteiger charge is -2.09. The first kappa shape index (κ1) is 15.9. The molecule has 0 spiro atoms. The molecule has 0 atom stereocenters. The van der Waals surface area contributed by atoms with Gasteiger partial charge in [0.15, 0.2) is 0 Å². The lowest BCUT2D eigenvalue weighted by Crippen LogP contribution is -2.25. The fraction of sp³-hybridized carbons (Fsp3) is 0.235. The fourth-order valence-corrected chi connectivity index (χ4v) is 2.03. The van der Waals surface area contributed by atoms with E-state index in [9.17, 15) is 13.6 Å². The molecule has 2 N–H and O–H groups in total. The van der Waals surface area contributed by atoms with Crippen molar-refractivity contribution in [2.45, 2.75) is 19.9 Å². The Morgan fingerprint density at radius 2 is 1.91 bits per heavy atom. The third-order valence-electron chi connectivity index (χ3n) is 3.34. The minimum atomic E-state index is -0.666. The summed E-state index contributed by atoms with van der Waals surface area (Å²) in [5.41, 5.74) is 2.37. The van der Waals surface area contributed by atoms with Crippen molar-refractivity contribution >= 4 is 11.6 Å². The van der Waals surface area contributed by atoms with Crippen LogP contribution in [0.15, 0.2) is 42.5 Å².